The Morgan fingerprint density at radius 2 is 1.58 bits per heavy atom. The summed E-state index contributed by atoms with van der Waals surface area (Å²) in [6.07, 6.45) is 0.200. The fourth-order valence-corrected chi connectivity index (χ4v) is 3.02. The molecule has 0 radical (unpaired) electrons. The molecule has 1 aliphatic rings. The number of methoxy groups -OCH3 is 1. The van der Waals surface area contributed by atoms with Crippen LogP contribution in [0.15, 0.2) is 53.0 Å². The Morgan fingerprint density at radius 3 is 2.08 bits per heavy atom. The van der Waals surface area contributed by atoms with Crippen LogP contribution in [0.5, 0.6) is 0 Å². The van der Waals surface area contributed by atoms with E-state index in [0.29, 0.717) is 11.1 Å². The van der Waals surface area contributed by atoms with Crippen LogP contribution in [0.4, 0.5) is 0 Å². The molecule has 0 spiro atoms. The quantitative estimate of drug-likeness (QED) is 0.597. The second-order valence-electron chi connectivity index (χ2n) is 5.40. The third kappa shape index (κ3) is 2.85. The van der Waals surface area contributed by atoms with Gasteiger partial charge in [0.1, 0.15) is 6.04 Å². The standard InChI is InChI=1S/C18H14BrNO4/c1-24-18(23)15(10-11-6-8-12(19)9-7-11)20-16(21)13-4-2-3-5-14(13)17(20)22/h2-9,15H,10H2,1H3/t15-/m0/s1. The highest BCUT2D eigenvalue weighted by Crippen LogP contribution is 2.26. The molecule has 2 aromatic rings. The first-order chi connectivity index (χ1) is 11.5. The summed E-state index contributed by atoms with van der Waals surface area (Å²) in [6.45, 7) is 0. The summed E-state index contributed by atoms with van der Waals surface area (Å²) in [4.78, 5) is 38.4. The van der Waals surface area contributed by atoms with Gasteiger partial charge in [0.15, 0.2) is 0 Å². The van der Waals surface area contributed by atoms with E-state index in [2.05, 4.69) is 15.9 Å². The fourth-order valence-electron chi connectivity index (χ4n) is 2.75. The first-order valence-electron chi connectivity index (χ1n) is 7.32. The number of carbonyl (C=O) groups is 3. The van der Waals surface area contributed by atoms with Crippen LogP contribution in [-0.2, 0) is 16.0 Å². The van der Waals surface area contributed by atoms with Gasteiger partial charge in [-0.3, -0.25) is 14.5 Å². The average Bonchev–Trinajstić information content (AvgIpc) is 2.85. The van der Waals surface area contributed by atoms with Crippen molar-refractivity contribution in [1.29, 1.82) is 0 Å². The Labute approximate surface area is 147 Å². The molecular formula is C18H14BrNO4. The molecule has 3 rings (SSSR count). The smallest absolute Gasteiger partial charge is 0.329 e. The third-order valence-electron chi connectivity index (χ3n) is 3.95. The zero-order chi connectivity index (χ0) is 17.3. The molecule has 1 heterocycles. The van der Waals surface area contributed by atoms with E-state index in [9.17, 15) is 14.4 Å². The molecule has 1 atom stereocenters. The summed E-state index contributed by atoms with van der Waals surface area (Å²) in [5.74, 6) is -1.56. The molecule has 0 bridgehead atoms. The molecule has 24 heavy (non-hydrogen) atoms. The van der Waals surface area contributed by atoms with Crippen molar-refractivity contribution in [2.45, 2.75) is 12.5 Å². The van der Waals surface area contributed by atoms with Crippen LogP contribution in [0.1, 0.15) is 26.3 Å². The summed E-state index contributed by atoms with van der Waals surface area (Å²) in [5.41, 5.74) is 1.45. The number of carbonyl (C=O) groups excluding carboxylic acids is 3. The summed E-state index contributed by atoms with van der Waals surface area (Å²) < 4.78 is 5.73. The minimum atomic E-state index is -0.997. The van der Waals surface area contributed by atoms with Crippen molar-refractivity contribution in [3.05, 3.63) is 69.7 Å². The van der Waals surface area contributed by atoms with Crippen LogP contribution in [0.3, 0.4) is 0 Å². The lowest BCUT2D eigenvalue weighted by atomic mass is 10.0. The van der Waals surface area contributed by atoms with E-state index >= 15 is 0 Å². The van der Waals surface area contributed by atoms with Gasteiger partial charge in [-0.1, -0.05) is 40.2 Å². The summed E-state index contributed by atoms with van der Waals surface area (Å²) in [6, 6.07) is 12.9. The van der Waals surface area contributed by atoms with Crippen LogP contribution in [0.2, 0.25) is 0 Å². The molecule has 0 unspecified atom stereocenters. The van der Waals surface area contributed by atoms with Crippen molar-refractivity contribution in [3.63, 3.8) is 0 Å². The summed E-state index contributed by atoms with van der Waals surface area (Å²) in [5, 5.41) is 0. The Morgan fingerprint density at radius 1 is 1.04 bits per heavy atom. The van der Waals surface area contributed by atoms with Crippen molar-refractivity contribution < 1.29 is 19.1 Å². The third-order valence-corrected chi connectivity index (χ3v) is 4.48. The monoisotopic (exact) mass is 387 g/mol. The van der Waals surface area contributed by atoms with Gasteiger partial charge < -0.3 is 4.74 Å². The van der Waals surface area contributed by atoms with Crippen molar-refractivity contribution in [1.82, 2.24) is 4.90 Å². The minimum absolute atomic E-state index is 0.200. The lowest BCUT2D eigenvalue weighted by Gasteiger charge is -2.24. The number of amides is 2. The number of imide groups is 1. The molecule has 122 valence electrons. The van der Waals surface area contributed by atoms with E-state index in [-0.39, 0.29) is 6.42 Å². The van der Waals surface area contributed by atoms with E-state index in [0.717, 1.165) is 14.9 Å². The van der Waals surface area contributed by atoms with Crippen LogP contribution in [-0.4, -0.2) is 35.8 Å². The second kappa shape index (κ2) is 6.57. The number of fused-ring (bicyclic) bond motifs is 1. The molecule has 0 aromatic heterocycles. The van der Waals surface area contributed by atoms with Crippen molar-refractivity contribution >= 4 is 33.7 Å². The first-order valence-corrected chi connectivity index (χ1v) is 8.11. The molecule has 6 heteroatoms. The molecule has 5 nitrogen and oxygen atoms in total. The maximum absolute atomic E-state index is 12.6. The van der Waals surface area contributed by atoms with Gasteiger partial charge in [0.25, 0.3) is 11.8 Å². The molecule has 0 fully saturated rings. The molecule has 2 amide bonds. The lowest BCUT2D eigenvalue weighted by Crippen LogP contribution is -2.46. The highest BCUT2D eigenvalue weighted by atomic mass is 79.9. The van der Waals surface area contributed by atoms with Crippen LogP contribution >= 0.6 is 15.9 Å². The number of esters is 1. The average molecular weight is 388 g/mol. The van der Waals surface area contributed by atoms with Gasteiger partial charge >= 0.3 is 5.97 Å². The Bertz CT molecular complexity index is 781. The number of rotatable bonds is 4. The Hall–Kier alpha value is -2.47. The normalized spacial score (nSPS) is 14.5. The maximum Gasteiger partial charge on any atom is 0.329 e. The zero-order valence-electron chi connectivity index (χ0n) is 12.9. The van der Waals surface area contributed by atoms with E-state index in [4.69, 9.17) is 4.74 Å². The SMILES string of the molecule is COC(=O)[C@H](Cc1ccc(Br)cc1)N1C(=O)c2ccccc2C1=O. The van der Waals surface area contributed by atoms with Crippen molar-refractivity contribution in [2.75, 3.05) is 7.11 Å². The number of ether oxygens (including phenoxy) is 1. The van der Waals surface area contributed by atoms with Crippen molar-refractivity contribution in [3.8, 4) is 0 Å². The van der Waals surface area contributed by atoms with Gasteiger partial charge in [-0.15, -0.1) is 0 Å². The van der Waals surface area contributed by atoms with Gasteiger partial charge in [0, 0.05) is 10.9 Å². The summed E-state index contributed by atoms with van der Waals surface area (Å²) in [7, 11) is 1.25. The van der Waals surface area contributed by atoms with Crippen LogP contribution in [0, 0.1) is 0 Å². The number of hydrogen-bond donors (Lipinski definition) is 0. The number of benzene rings is 2. The predicted octanol–water partition coefficient (Wildman–Crippen LogP) is 2.83. The largest absolute Gasteiger partial charge is 0.467 e. The zero-order valence-corrected chi connectivity index (χ0v) is 14.4. The number of halogens is 1. The van der Waals surface area contributed by atoms with E-state index in [1.807, 2.05) is 24.3 Å². The van der Waals surface area contributed by atoms with Crippen molar-refractivity contribution in [2.24, 2.45) is 0 Å². The number of hydrogen-bond acceptors (Lipinski definition) is 4. The first kappa shape index (κ1) is 16.4. The fraction of sp³-hybridized carbons (Fsp3) is 0.167. The van der Waals surface area contributed by atoms with Gasteiger partial charge in [-0.2, -0.15) is 0 Å². The molecule has 2 aromatic carbocycles. The van der Waals surface area contributed by atoms with E-state index < -0.39 is 23.8 Å². The molecular weight excluding hydrogens is 374 g/mol. The Kier molecular flexibility index (Phi) is 4.49. The summed E-state index contributed by atoms with van der Waals surface area (Å²) >= 11 is 3.35. The minimum Gasteiger partial charge on any atom is -0.467 e. The lowest BCUT2D eigenvalue weighted by molar-refractivity contribution is -0.145. The molecule has 0 saturated carbocycles. The molecule has 0 saturated heterocycles. The molecule has 0 aliphatic carbocycles. The topological polar surface area (TPSA) is 63.7 Å². The molecule has 0 N–H and O–H groups in total. The molecule has 1 aliphatic heterocycles. The van der Waals surface area contributed by atoms with Gasteiger partial charge in [-0.05, 0) is 29.8 Å². The van der Waals surface area contributed by atoms with E-state index in [1.54, 1.807) is 24.3 Å². The Balaban J connectivity index is 1.95. The highest BCUT2D eigenvalue weighted by molar-refractivity contribution is 9.10. The van der Waals surface area contributed by atoms with Crippen LogP contribution in [0.25, 0.3) is 0 Å². The van der Waals surface area contributed by atoms with Gasteiger partial charge in [0.2, 0.25) is 0 Å². The predicted molar refractivity (Wildman–Crippen MR) is 90.6 cm³/mol. The second-order valence-corrected chi connectivity index (χ2v) is 6.31. The van der Waals surface area contributed by atoms with Gasteiger partial charge in [-0.25, -0.2) is 4.79 Å². The van der Waals surface area contributed by atoms with Crippen LogP contribution < -0.4 is 0 Å². The van der Waals surface area contributed by atoms with Gasteiger partial charge in [0.05, 0.1) is 18.2 Å². The maximum atomic E-state index is 12.6. The highest BCUT2D eigenvalue weighted by Gasteiger charge is 2.43. The number of nitrogens with zero attached hydrogens (tertiary/aromatic N) is 1. The van der Waals surface area contributed by atoms with E-state index in [1.165, 1.54) is 7.11 Å².